The number of anilines is 1. The highest BCUT2D eigenvalue weighted by molar-refractivity contribution is 7.13. The van der Waals surface area contributed by atoms with Gasteiger partial charge in [0.05, 0.1) is 5.92 Å². The lowest BCUT2D eigenvalue weighted by molar-refractivity contribution is -0.126. The van der Waals surface area contributed by atoms with Gasteiger partial charge < -0.3 is 10.2 Å². The molecule has 5 nitrogen and oxygen atoms in total. The molecule has 4 rings (SSSR count). The van der Waals surface area contributed by atoms with Crippen LogP contribution in [0.5, 0.6) is 0 Å². The Balaban J connectivity index is 1.39. The summed E-state index contributed by atoms with van der Waals surface area (Å²) >= 11 is 1.66. The van der Waals surface area contributed by atoms with Crippen molar-refractivity contribution in [2.45, 2.75) is 26.8 Å². The molecule has 1 atom stereocenters. The van der Waals surface area contributed by atoms with E-state index in [0.717, 1.165) is 27.3 Å². The summed E-state index contributed by atoms with van der Waals surface area (Å²) in [4.78, 5) is 32.3. The molecule has 0 spiro atoms. The minimum Gasteiger partial charge on any atom is -0.352 e. The fourth-order valence-corrected chi connectivity index (χ4v) is 4.23. The Morgan fingerprint density at radius 3 is 2.83 bits per heavy atom. The third-order valence-electron chi connectivity index (χ3n) is 5.37. The Labute approximate surface area is 174 Å². The van der Waals surface area contributed by atoms with Crippen LogP contribution < -0.4 is 10.2 Å². The molecule has 29 heavy (non-hydrogen) atoms. The van der Waals surface area contributed by atoms with Gasteiger partial charge in [0, 0.05) is 48.0 Å². The molecule has 148 valence electrons. The first-order valence-electron chi connectivity index (χ1n) is 9.64. The van der Waals surface area contributed by atoms with Gasteiger partial charge in [-0.1, -0.05) is 12.1 Å². The standard InChI is InChI=1S/C23H23N3O2S/c1-15-5-6-20(8-16(15)2)26-14-19(10-22(26)27)23(28)25-12-17-9-18(13-24-11-17)21-4-3-7-29-21/h3-9,11,13,19H,10,12,14H2,1-2H3,(H,25,28). The van der Waals surface area contributed by atoms with Gasteiger partial charge in [-0.2, -0.15) is 0 Å². The zero-order valence-corrected chi connectivity index (χ0v) is 17.3. The lowest BCUT2D eigenvalue weighted by atomic mass is 10.1. The second kappa shape index (κ2) is 8.17. The van der Waals surface area contributed by atoms with Crippen LogP contribution in [0.1, 0.15) is 23.1 Å². The average molecular weight is 406 g/mol. The summed E-state index contributed by atoms with van der Waals surface area (Å²) < 4.78 is 0. The van der Waals surface area contributed by atoms with Crippen molar-refractivity contribution in [2.75, 3.05) is 11.4 Å². The molecule has 2 aromatic heterocycles. The largest absolute Gasteiger partial charge is 0.352 e. The number of nitrogens with zero attached hydrogens (tertiary/aromatic N) is 2. The Bertz CT molecular complexity index is 1050. The summed E-state index contributed by atoms with van der Waals surface area (Å²) in [6, 6.07) is 12.1. The van der Waals surface area contributed by atoms with Gasteiger partial charge in [0.15, 0.2) is 0 Å². The van der Waals surface area contributed by atoms with Crippen molar-refractivity contribution >= 4 is 28.8 Å². The molecule has 1 aliphatic rings. The fourth-order valence-electron chi connectivity index (χ4n) is 3.52. The Morgan fingerprint density at radius 1 is 1.21 bits per heavy atom. The topological polar surface area (TPSA) is 62.3 Å². The first kappa shape index (κ1) is 19.3. The van der Waals surface area contributed by atoms with E-state index in [-0.39, 0.29) is 24.2 Å². The van der Waals surface area contributed by atoms with Crippen LogP contribution in [0.25, 0.3) is 10.4 Å². The summed E-state index contributed by atoms with van der Waals surface area (Å²) in [6.07, 6.45) is 3.83. The smallest absolute Gasteiger partial charge is 0.227 e. The van der Waals surface area contributed by atoms with Crippen molar-refractivity contribution in [2.24, 2.45) is 5.92 Å². The van der Waals surface area contributed by atoms with Gasteiger partial charge in [-0.05, 0) is 60.2 Å². The molecule has 6 heteroatoms. The number of carbonyl (C=O) groups is 2. The second-order valence-electron chi connectivity index (χ2n) is 7.45. The number of thiophene rings is 1. The van der Waals surface area contributed by atoms with Crippen LogP contribution >= 0.6 is 11.3 Å². The van der Waals surface area contributed by atoms with Gasteiger partial charge in [0.2, 0.25) is 11.8 Å². The minimum absolute atomic E-state index is 0.00485. The van der Waals surface area contributed by atoms with Gasteiger partial charge in [-0.25, -0.2) is 0 Å². The van der Waals surface area contributed by atoms with E-state index in [1.807, 2.05) is 55.8 Å². The van der Waals surface area contributed by atoms with E-state index in [9.17, 15) is 9.59 Å². The quantitative estimate of drug-likeness (QED) is 0.695. The van der Waals surface area contributed by atoms with Crippen molar-refractivity contribution in [3.8, 4) is 10.4 Å². The van der Waals surface area contributed by atoms with E-state index >= 15 is 0 Å². The summed E-state index contributed by atoms with van der Waals surface area (Å²) in [6.45, 7) is 4.89. The fraction of sp³-hybridized carbons (Fsp3) is 0.261. The molecule has 0 saturated carbocycles. The van der Waals surface area contributed by atoms with Crippen LogP contribution in [-0.4, -0.2) is 23.3 Å². The van der Waals surface area contributed by atoms with E-state index < -0.39 is 0 Å². The van der Waals surface area contributed by atoms with E-state index in [1.165, 1.54) is 5.56 Å². The maximum atomic E-state index is 12.7. The normalized spacial score (nSPS) is 16.3. The molecule has 0 radical (unpaired) electrons. The number of benzene rings is 1. The SMILES string of the molecule is Cc1ccc(N2CC(C(=O)NCc3cncc(-c4cccs4)c3)CC2=O)cc1C. The number of aromatic nitrogens is 1. The lowest BCUT2D eigenvalue weighted by Crippen LogP contribution is -2.32. The molecular weight excluding hydrogens is 382 g/mol. The zero-order chi connectivity index (χ0) is 20.4. The number of hydrogen-bond acceptors (Lipinski definition) is 4. The molecule has 3 aromatic rings. The molecule has 2 amide bonds. The lowest BCUT2D eigenvalue weighted by Gasteiger charge is -2.18. The predicted molar refractivity (Wildman–Crippen MR) is 116 cm³/mol. The van der Waals surface area contributed by atoms with Crippen molar-refractivity contribution in [1.82, 2.24) is 10.3 Å². The molecule has 1 unspecified atom stereocenters. The third kappa shape index (κ3) is 4.22. The van der Waals surface area contributed by atoms with Crippen LogP contribution in [0, 0.1) is 19.8 Å². The first-order chi connectivity index (χ1) is 14.0. The van der Waals surface area contributed by atoms with E-state index in [0.29, 0.717) is 13.1 Å². The summed E-state index contributed by atoms with van der Waals surface area (Å²) in [5, 5.41) is 5.00. The highest BCUT2D eigenvalue weighted by Crippen LogP contribution is 2.27. The molecular formula is C23H23N3O2S. The van der Waals surface area contributed by atoms with E-state index in [2.05, 4.69) is 16.4 Å². The molecule has 0 aliphatic carbocycles. The Kier molecular flexibility index (Phi) is 5.45. The number of carbonyl (C=O) groups excluding carboxylic acids is 2. The van der Waals surface area contributed by atoms with Crippen molar-refractivity contribution in [3.05, 3.63) is 70.9 Å². The highest BCUT2D eigenvalue weighted by Gasteiger charge is 2.35. The summed E-state index contributed by atoms with van der Waals surface area (Å²) in [5.41, 5.74) is 5.18. The number of rotatable bonds is 5. The summed E-state index contributed by atoms with van der Waals surface area (Å²) in [5.74, 6) is -0.432. The Morgan fingerprint density at radius 2 is 2.07 bits per heavy atom. The van der Waals surface area contributed by atoms with Gasteiger partial charge in [0.25, 0.3) is 0 Å². The van der Waals surface area contributed by atoms with Crippen molar-refractivity contribution in [3.63, 3.8) is 0 Å². The molecule has 0 bridgehead atoms. The minimum atomic E-state index is -0.336. The molecule has 1 aromatic carbocycles. The van der Waals surface area contributed by atoms with Gasteiger partial charge in [-0.15, -0.1) is 11.3 Å². The molecule has 3 heterocycles. The number of aryl methyl sites for hydroxylation is 2. The molecule has 1 N–H and O–H groups in total. The van der Waals surface area contributed by atoms with Gasteiger partial charge >= 0.3 is 0 Å². The Hall–Kier alpha value is -2.99. The van der Waals surface area contributed by atoms with E-state index in [4.69, 9.17) is 0 Å². The second-order valence-corrected chi connectivity index (χ2v) is 8.40. The molecule has 1 aliphatic heterocycles. The third-order valence-corrected chi connectivity index (χ3v) is 6.28. The van der Waals surface area contributed by atoms with Crippen molar-refractivity contribution < 1.29 is 9.59 Å². The van der Waals surface area contributed by atoms with Crippen molar-refractivity contribution in [1.29, 1.82) is 0 Å². The first-order valence-corrected chi connectivity index (χ1v) is 10.5. The molecule has 1 fully saturated rings. The number of pyridine rings is 1. The van der Waals surface area contributed by atoms with Crippen LogP contribution in [0.15, 0.2) is 54.2 Å². The van der Waals surface area contributed by atoms with Crippen LogP contribution in [-0.2, 0) is 16.1 Å². The number of nitrogens with one attached hydrogen (secondary N) is 1. The van der Waals surface area contributed by atoms with Gasteiger partial charge in [-0.3, -0.25) is 14.6 Å². The zero-order valence-electron chi connectivity index (χ0n) is 16.5. The maximum Gasteiger partial charge on any atom is 0.227 e. The predicted octanol–water partition coefficient (Wildman–Crippen LogP) is 4.10. The monoisotopic (exact) mass is 405 g/mol. The molecule has 1 saturated heterocycles. The maximum absolute atomic E-state index is 12.7. The van der Waals surface area contributed by atoms with Gasteiger partial charge in [0.1, 0.15) is 0 Å². The van der Waals surface area contributed by atoms with Crippen LogP contribution in [0.2, 0.25) is 0 Å². The van der Waals surface area contributed by atoms with Crippen LogP contribution in [0.3, 0.4) is 0 Å². The average Bonchev–Trinajstić information content (AvgIpc) is 3.39. The summed E-state index contributed by atoms with van der Waals surface area (Å²) in [7, 11) is 0. The van der Waals surface area contributed by atoms with E-state index in [1.54, 1.807) is 22.4 Å². The number of hydrogen-bond donors (Lipinski definition) is 1. The highest BCUT2D eigenvalue weighted by atomic mass is 32.1. The van der Waals surface area contributed by atoms with Crippen LogP contribution in [0.4, 0.5) is 5.69 Å². The number of amides is 2.